The second-order valence-corrected chi connectivity index (χ2v) is 5.49. The van der Waals surface area contributed by atoms with E-state index in [0.29, 0.717) is 24.1 Å². The van der Waals surface area contributed by atoms with Gasteiger partial charge in [0.1, 0.15) is 5.75 Å². The van der Waals surface area contributed by atoms with E-state index < -0.39 is 0 Å². The Bertz CT molecular complexity index is 650. The first-order valence-corrected chi connectivity index (χ1v) is 8.05. The van der Waals surface area contributed by atoms with E-state index in [-0.39, 0.29) is 24.0 Å². The van der Waals surface area contributed by atoms with Gasteiger partial charge in [0, 0.05) is 17.1 Å². The van der Waals surface area contributed by atoms with Gasteiger partial charge in [-0.15, -0.1) is 24.0 Å². The number of nitrogens with zero attached hydrogens (tertiary/aromatic N) is 1. The molecule has 2 rings (SSSR count). The van der Waals surface area contributed by atoms with E-state index in [4.69, 9.17) is 22.1 Å². The lowest BCUT2D eigenvalue weighted by Gasteiger charge is -2.10. The van der Waals surface area contributed by atoms with Crippen LogP contribution in [-0.2, 0) is 13.0 Å². The number of rotatable bonds is 7. The molecule has 2 aromatic rings. The molecule has 0 aliphatic carbocycles. The van der Waals surface area contributed by atoms with Gasteiger partial charge >= 0.3 is 0 Å². The van der Waals surface area contributed by atoms with Crippen molar-refractivity contribution in [2.45, 2.75) is 19.9 Å². The van der Waals surface area contributed by atoms with Crippen LogP contribution in [0.25, 0.3) is 0 Å². The minimum atomic E-state index is 0. The Morgan fingerprint density at radius 1 is 1.21 bits per heavy atom. The molecule has 24 heavy (non-hydrogen) atoms. The summed E-state index contributed by atoms with van der Waals surface area (Å²) in [7, 11) is 0. The van der Waals surface area contributed by atoms with Crippen molar-refractivity contribution in [2.75, 3.05) is 13.2 Å². The molecule has 0 heterocycles. The molecule has 0 amide bonds. The Morgan fingerprint density at radius 2 is 1.96 bits per heavy atom. The quantitative estimate of drug-likeness (QED) is 0.374. The maximum atomic E-state index is 5.99. The van der Waals surface area contributed by atoms with Crippen molar-refractivity contribution in [3.05, 3.63) is 64.7 Å². The van der Waals surface area contributed by atoms with Crippen molar-refractivity contribution in [3.8, 4) is 5.75 Å². The van der Waals surface area contributed by atoms with Crippen LogP contribution in [0.15, 0.2) is 53.5 Å². The number of benzene rings is 2. The molecule has 0 saturated carbocycles. The zero-order valence-electron chi connectivity index (χ0n) is 13.7. The number of hydrogen-bond donors (Lipinski definition) is 2. The largest absolute Gasteiger partial charge is 0.493 e. The number of guanidine groups is 1. The van der Waals surface area contributed by atoms with Crippen molar-refractivity contribution >= 4 is 41.5 Å². The second-order valence-electron chi connectivity index (χ2n) is 5.05. The first-order valence-electron chi connectivity index (χ1n) is 7.68. The highest BCUT2D eigenvalue weighted by atomic mass is 127. The molecule has 0 bridgehead atoms. The van der Waals surface area contributed by atoms with Crippen LogP contribution in [0, 0.1) is 0 Å². The Balaban J connectivity index is 0.00000288. The van der Waals surface area contributed by atoms with Crippen LogP contribution in [-0.4, -0.2) is 19.1 Å². The summed E-state index contributed by atoms with van der Waals surface area (Å²) in [5.74, 6) is 1.18. The van der Waals surface area contributed by atoms with Gasteiger partial charge < -0.3 is 15.8 Å². The predicted molar refractivity (Wildman–Crippen MR) is 112 cm³/mol. The number of nitrogens with one attached hydrogen (secondary N) is 1. The first-order chi connectivity index (χ1) is 11.2. The van der Waals surface area contributed by atoms with Gasteiger partial charge in [0.25, 0.3) is 0 Å². The molecule has 2 aromatic carbocycles. The molecule has 0 unspecified atom stereocenters. The Hall–Kier alpha value is -1.47. The molecule has 0 atom stereocenters. The third kappa shape index (κ3) is 6.97. The zero-order valence-corrected chi connectivity index (χ0v) is 16.8. The van der Waals surface area contributed by atoms with Crippen LogP contribution in [0.3, 0.4) is 0 Å². The van der Waals surface area contributed by atoms with E-state index in [1.165, 1.54) is 5.56 Å². The van der Waals surface area contributed by atoms with E-state index in [2.05, 4.69) is 22.4 Å². The molecule has 0 fully saturated rings. The fourth-order valence-electron chi connectivity index (χ4n) is 2.15. The lowest BCUT2D eigenvalue weighted by Crippen LogP contribution is -2.33. The normalized spacial score (nSPS) is 10.8. The molecular formula is C18H23ClIN3O. The van der Waals surface area contributed by atoms with Gasteiger partial charge in [0.05, 0.1) is 13.2 Å². The molecule has 0 spiro atoms. The predicted octanol–water partition coefficient (Wildman–Crippen LogP) is 4.00. The molecule has 0 saturated heterocycles. The van der Waals surface area contributed by atoms with Crippen LogP contribution in [0.1, 0.15) is 18.1 Å². The average Bonchev–Trinajstić information content (AvgIpc) is 2.55. The lowest BCUT2D eigenvalue weighted by molar-refractivity contribution is 0.336. The molecule has 130 valence electrons. The van der Waals surface area contributed by atoms with Gasteiger partial charge in [-0.2, -0.15) is 0 Å². The first kappa shape index (κ1) is 20.6. The van der Waals surface area contributed by atoms with E-state index in [0.717, 1.165) is 24.3 Å². The van der Waals surface area contributed by atoms with Crippen molar-refractivity contribution in [3.63, 3.8) is 0 Å². The smallest absolute Gasteiger partial charge is 0.188 e. The minimum absolute atomic E-state index is 0. The van der Waals surface area contributed by atoms with Gasteiger partial charge in [-0.05, 0) is 31.0 Å². The number of nitrogens with two attached hydrogens (primary N) is 1. The third-order valence-electron chi connectivity index (χ3n) is 3.31. The maximum Gasteiger partial charge on any atom is 0.188 e. The molecule has 0 aromatic heterocycles. The molecule has 6 heteroatoms. The summed E-state index contributed by atoms with van der Waals surface area (Å²) < 4.78 is 5.57. The maximum absolute atomic E-state index is 5.99. The topological polar surface area (TPSA) is 59.6 Å². The summed E-state index contributed by atoms with van der Waals surface area (Å²) in [5.41, 5.74) is 8.14. The summed E-state index contributed by atoms with van der Waals surface area (Å²) in [5, 5.41) is 3.77. The number of hydrogen-bond acceptors (Lipinski definition) is 2. The minimum Gasteiger partial charge on any atom is -0.493 e. The number of ether oxygens (including phenoxy) is 1. The molecule has 0 aliphatic rings. The van der Waals surface area contributed by atoms with Crippen molar-refractivity contribution in [1.29, 1.82) is 0 Å². The monoisotopic (exact) mass is 459 g/mol. The van der Waals surface area contributed by atoms with Gasteiger partial charge in [-0.1, -0.05) is 48.0 Å². The fourth-order valence-corrected chi connectivity index (χ4v) is 2.32. The lowest BCUT2D eigenvalue weighted by atomic mass is 10.1. The highest BCUT2D eigenvalue weighted by Gasteiger charge is 2.04. The highest BCUT2D eigenvalue weighted by molar-refractivity contribution is 14.0. The summed E-state index contributed by atoms with van der Waals surface area (Å²) in [6.45, 7) is 3.73. The number of halogens is 2. The Kier molecular flexibility index (Phi) is 9.56. The summed E-state index contributed by atoms with van der Waals surface area (Å²) in [4.78, 5) is 4.36. The molecule has 0 aliphatic heterocycles. The van der Waals surface area contributed by atoms with E-state index >= 15 is 0 Å². The van der Waals surface area contributed by atoms with Crippen LogP contribution >= 0.6 is 35.6 Å². The van der Waals surface area contributed by atoms with Crippen molar-refractivity contribution in [1.82, 2.24) is 5.32 Å². The highest BCUT2D eigenvalue weighted by Crippen LogP contribution is 2.24. The zero-order chi connectivity index (χ0) is 16.5. The average molecular weight is 460 g/mol. The fraction of sp³-hybridized carbons (Fsp3) is 0.278. The van der Waals surface area contributed by atoms with E-state index in [9.17, 15) is 0 Å². The molecular weight excluding hydrogens is 437 g/mol. The number of aliphatic imine (C=N–C) groups is 1. The third-order valence-corrected chi connectivity index (χ3v) is 3.55. The summed E-state index contributed by atoms with van der Waals surface area (Å²) >= 11 is 5.99. The Morgan fingerprint density at radius 3 is 2.67 bits per heavy atom. The Labute approximate surface area is 165 Å². The summed E-state index contributed by atoms with van der Waals surface area (Å²) in [6.07, 6.45) is 0.905. The van der Waals surface area contributed by atoms with E-state index in [1.807, 2.05) is 37.3 Å². The second kappa shape index (κ2) is 11.1. The molecule has 3 N–H and O–H groups in total. The van der Waals surface area contributed by atoms with Crippen molar-refractivity contribution < 1.29 is 4.74 Å². The van der Waals surface area contributed by atoms with Gasteiger partial charge in [0.2, 0.25) is 0 Å². The van der Waals surface area contributed by atoms with Gasteiger partial charge in [0.15, 0.2) is 5.96 Å². The standard InChI is InChI=1S/C18H22ClN3O.HI/c1-2-23-17-12-16(19)9-8-15(17)13-22-18(20)21-11-10-14-6-4-3-5-7-14;/h3-9,12H,2,10-11,13H2,1H3,(H3,20,21,22);1H. The van der Waals surface area contributed by atoms with Gasteiger partial charge in [-0.3, -0.25) is 0 Å². The molecule has 0 radical (unpaired) electrons. The van der Waals surface area contributed by atoms with Crippen LogP contribution in [0.4, 0.5) is 0 Å². The van der Waals surface area contributed by atoms with Gasteiger partial charge in [-0.25, -0.2) is 4.99 Å². The van der Waals surface area contributed by atoms with Crippen LogP contribution in [0.2, 0.25) is 5.02 Å². The van der Waals surface area contributed by atoms with Crippen LogP contribution in [0.5, 0.6) is 5.75 Å². The molecule has 4 nitrogen and oxygen atoms in total. The van der Waals surface area contributed by atoms with E-state index in [1.54, 1.807) is 6.07 Å². The SMILES string of the molecule is CCOc1cc(Cl)ccc1CN=C(N)NCCc1ccccc1.I. The van der Waals surface area contributed by atoms with Crippen molar-refractivity contribution in [2.24, 2.45) is 10.7 Å². The van der Waals surface area contributed by atoms with Crippen LogP contribution < -0.4 is 15.8 Å². The summed E-state index contributed by atoms with van der Waals surface area (Å²) in [6, 6.07) is 15.8.